The van der Waals surface area contributed by atoms with Crippen molar-refractivity contribution >= 4 is 6.21 Å². The molecule has 0 amide bonds. The SMILES string of the molecule is N=C[C@@H]1CN2CCC[C@@]2(CO)C1. The van der Waals surface area contributed by atoms with E-state index in [0.717, 1.165) is 25.9 Å². The average Bonchev–Trinajstić information content (AvgIpc) is 2.58. The summed E-state index contributed by atoms with van der Waals surface area (Å²) in [5, 5.41) is 16.5. The summed E-state index contributed by atoms with van der Waals surface area (Å²) < 4.78 is 0. The second-order valence-electron chi connectivity index (χ2n) is 4.06. The standard InChI is InChI=1S/C9H16N2O/c10-5-8-4-9(7-12)2-1-3-11(9)6-8/h5,8,10,12H,1-4,6-7H2/t8-,9+/m1/s1. The van der Waals surface area contributed by atoms with E-state index in [1.807, 2.05) is 0 Å². The lowest BCUT2D eigenvalue weighted by molar-refractivity contribution is 0.0998. The lowest BCUT2D eigenvalue weighted by Gasteiger charge is -2.29. The second kappa shape index (κ2) is 2.82. The van der Waals surface area contributed by atoms with Gasteiger partial charge in [0.15, 0.2) is 0 Å². The minimum Gasteiger partial charge on any atom is -0.394 e. The molecule has 2 saturated heterocycles. The molecule has 0 unspecified atom stereocenters. The van der Waals surface area contributed by atoms with Crippen LogP contribution >= 0.6 is 0 Å². The molecule has 0 aromatic rings. The quantitative estimate of drug-likeness (QED) is 0.589. The van der Waals surface area contributed by atoms with E-state index in [-0.39, 0.29) is 12.1 Å². The monoisotopic (exact) mass is 168 g/mol. The van der Waals surface area contributed by atoms with Gasteiger partial charge in [0.2, 0.25) is 0 Å². The number of aliphatic hydroxyl groups excluding tert-OH is 1. The lowest BCUT2D eigenvalue weighted by Crippen LogP contribution is -2.41. The highest BCUT2D eigenvalue weighted by Crippen LogP contribution is 2.40. The number of hydrogen-bond acceptors (Lipinski definition) is 3. The lowest BCUT2D eigenvalue weighted by atomic mass is 9.91. The molecule has 68 valence electrons. The third kappa shape index (κ3) is 1.00. The van der Waals surface area contributed by atoms with Crippen molar-refractivity contribution in [3.05, 3.63) is 0 Å². The summed E-state index contributed by atoms with van der Waals surface area (Å²) in [7, 11) is 0. The Bertz CT molecular complexity index is 195. The summed E-state index contributed by atoms with van der Waals surface area (Å²) in [6.45, 7) is 2.38. The van der Waals surface area contributed by atoms with Crippen LogP contribution in [0.15, 0.2) is 0 Å². The highest BCUT2D eigenvalue weighted by atomic mass is 16.3. The maximum atomic E-state index is 9.32. The van der Waals surface area contributed by atoms with Crippen LogP contribution in [0.3, 0.4) is 0 Å². The van der Waals surface area contributed by atoms with Crippen molar-refractivity contribution in [3.63, 3.8) is 0 Å². The largest absolute Gasteiger partial charge is 0.394 e. The first-order chi connectivity index (χ1) is 5.80. The van der Waals surface area contributed by atoms with Crippen molar-refractivity contribution in [3.8, 4) is 0 Å². The van der Waals surface area contributed by atoms with Gasteiger partial charge in [0.05, 0.1) is 6.61 Å². The summed E-state index contributed by atoms with van der Waals surface area (Å²) in [5.41, 5.74) is 0.0578. The van der Waals surface area contributed by atoms with Crippen molar-refractivity contribution < 1.29 is 5.11 Å². The molecule has 0 aromatic heterocycles. The van der Waals surface area contributed by atoms with Gasteiger partial charge in [-0.1, -0.05) is 0 Å². The minimum absolute atomic E-state index is 0.0578. The second-order valence-corrected chi connectivity index (χ2v) is 4.06. The zero-order valence-electron chi connectivity index (χ0n) is 7.29. The van der Waals surface area contributed by atoms with E-state index >= 15 is 0 Å². The Morgan fingerprint density at radius 1 is 1.67 bits per heavy atom. The summed E-state index contributed by atoms with van der Waals surface area (Å²) in [6.07, 6.45) is 4.86. The van der Waals surface area contributed by atoms with E-state index in [1.165, 1.54) is 12.6 Å². The zero-order valence-corrected chi connectivity index (χ0v) is 7.29. The number of aliphatic hydroxyl groups is 1. The molecule has 2 fully saturated rings. The molecule has 0 radical (unpaired) electrons. The maximum absolute atomic E-state index is 9.32. The third-order valence-corrected chi connectivity index (χ3v) is 3.37. The summed E-state index contributed by atoms with van der Waals surface area (Å²) in [6, 6.07) is 0. The van der Waals surface area contributed by atoms with Gasteiger partial charge in [-0.25, -0.2) is 0 Å². The molecule has 3 heteroatoms. The number of hydrogen-bond donors (Lipinski definition) is 2. The molecule has 2 rings (SSSR count). The van der Waals surface area contributed by atoms with Crippen LogP contribution in [0.1, 0.15) is 19.3 Å². The molecule has 2 aliphatic heterocycles. The Labute approximate surface area is 72.9 Å². The fourth-order valence-electron chi connectivity index (χ4n) is 2.70. The van der Waals surface area contributed by atoms with Crippen molar-refractivity contribution in [1.29, 1.82) is 5.41 Å². The van der Waals surface area contributed by atoms with E-state index in [9.17, 15) is 5.11 Å². The van der Waals surface area contributed by atoms with E-state index in [2.05, 4.69) is 4.90 Å². The molecular weight excluding hydrogens is 152 g/mol. The molecule has 12 heavy (non-hydrogen) atoms. The van der Waals surface area contributed by atoms with Crippen molar-refractivity contribution in [2.45, 2.75) is 24.8 Å². The molecule has 2 atom stereocenters. The molecule has 0 aromatic carbocycles. The van der Waals surface area contributed by atoms with E-state index in [4.69, 9.17) is 5.41 Å². The molecule has 2 N–H and O–H groups in total. The molecule has 0 aliphatic carbocycles. The first-order valence-electron chi connectivity index (χ1n) is 4.67. The van der Waals surface area contributed by atoms with Gasteiger partial charge in [-0.15, -0.1) is 0 Å². The Morgan fingerprint density at radius 2 is 2.50 bits per heavy atom. The zero-order chi connectivity index (χ0) is 8.60. The highest BCUT2D eigenvalue weighted by molar-refractivity contribution is 5.58. The first-order valence-corrected chi connectivity index (χ1v) is 4.67. The van der Waals surface area contributed by atoms with Gasteiger partial charge in [-0.3, -0.25) is 4.90 Å². The number of fused-ring (bicyclic) bond motifs is 1. The molecule has 3 nitrogen and oxygen atoms in total. The van der Waals surface area contributed by atoms with Crippen molar-refractivity contribution in [2.24, 2.45) is 5.92 Å². The van der Waals surface area contributed by atoms with Crippen LogP contribution in [0.5, 0.6) is 0 Å². The Morgan fingerprint density at radius 3 is 3.08 bits per heavy atom. The van der Waals surface area contributed by atoms with Gasteiger partial charge in [-0.2, -0.15) is 0 Å². The third-order valence-electron chi connectivity index (χ3n) is 3.37. The fraction of sp³-hybridized carbons (Fsp3) is 0.889. The van der Waals surface area contributed by atoms with Crippen LogP contribution in [-0.4, -0.2) is 41.5 Å². The fourth-order valence-corrected chi connectivity index (χ4v) is 2.70. The van der Waals surface area contributed by atoms with Crippen molar-refractivity contribution in [2.75, 3.05) is 19.7 Å². The molecule has 0 bridgehead atoms. The van der Waals surface area contributed by atoms with Gasteiger partial charge in [0.25, 0.3) is 0 Å². The summed E-state index contributed by atoms with van der Waals surface area (Å²) >= 11 is 0. The highest BCUT2D eigenvalue weighted by Gasteiger charge is 2.47. The van der Waals surface area contributed by atoms with Gasteiger partial charge < -0.3 is 10.5 Å². The number of nitrogens with zero attached hydrogens (tertiary/aromatic N) is 1. The smallest absolute Gasteiger partial charge is 0.0615 e. The first kappa shape index (κ1) is 8.20. The predicted octanol–water partition coefficient (Wildman–Crippen LogP) is 0.483. The molecule has 0 spiro atoms. The minimum atomic E-state index is 0.0578. The Balaban J connectivity index is 2.14. The van der Waals surface area contributed by atoms with Crippen LogP contribution in [0.4, 0.5) is 0 Å². The Kier molecular flexibility index (Phi) is 1.93. The van der Waals surface area contributed by atoms with Crippen LogP contribution in [0.25, 0.3) is 0 Å². The predicted molar refractivity (Wildman–Crippen MR) is 47.5 cm³/mol. The van der Waals surface area contributed by atoms with Gasteiger partial charge in [0, 0.05) is 18.0 Å². The van der Waals surface area contributed by atoms with Crippen molar-refractivity contribution in [1.82, 2.24) is 4.90 Å². The summed E-state index contributed by atoms with van der Waals surface area (Å²) in [5.74, 6) is 0.387. The van der Waals surface area contributed by atoms with Crippen LogP contribution < -0.4 is 0 Å². The van der Waals surface area contributed by atoms with Gasteiger partial charge in [0.1, 0.15) is 0 Å². The van der Waals surface area contributed by atoms with E-state index in [0.29, 0.717) is 5.92 Å². The van der Waals surface area contributed by atoms with E-state index < -0.39 is 0 Å². The van der Waals surface area contributed by atoms with Crippen LogP contribution in [0, 0.1) is 11.3 Å². The van der Waals surface area contributed by atoms with Gasteiger partial charge in [-0.05, 0) is 32.0 Å². The topological polar surface area (TPSA) is 47.3 Å². The maximum Gasteiger partial charge on any atom is 0.0615 e. The molecule has 2 aliphatic rings. The summed E-state index contributed by atoms with van der Waals surface area (Å²) in [4.78, 5) is 2.36. The van der Waals surface area contributed by atoms with Crippen LogP contribution in [0.2, 0.25) is 0 Å². The molecule has 2 heterocycles. The molecule has 0 saturated carbocycles. The normalized spacial score (nSPS) is 41.6. The van der Waals surface area contributed by atoms with Gasteiger partial charge >= 0.3 is 0 Å². The van der Waals surface area contributed by atoms with E-state index in [1.54, 1.807) is 0 Å². The van der Waals surface area contributed by atoms with Crippen LogP contribution in [-0.2, 0) is 0 Å². The number of nitrogens with one attached hydrogen (secondary N) is 1. The average molecular weight is 168 g/mol. The number of rotatable bonds is 2. The molecular formula is C9H16N2O. The Hall–Kier alpha value is -0.410.